The lowest BCUT2D eigenvalue weighted by Gasteiger charge is -2.09. The SMILES string of the molecule is C=CCn1c(SCc2cccc(OC)c2)nnc1-c1ccccc1F. The summed E-state index contributed by atoms with van der Waals surface area (Å²) in [5.41, 5.74) is 1.55. The summed E-state index contributed by atoms with van der Waals surface area (Å²) in [5, 5.41) is 9.15. The number of benzene rings is 2. The van der Waals surface area contributed by atoms with Gasteiger partial charge in [0.25, 0.3) is 0 Å². The summed E-state index contributed by atoms with van der Waals surface area (Å²) in [6.45, 7) is 4.29. The van der Waals surface area contributed by atoms with Crippen LogP contribution in [0.2, 0.25) is 0 Å². The molecule has 0 spiro atoms. The number of hydrogen-bond donors (Lipinski definition) is 0. The van der Waals surface area contributed by atoms with Crippen molar-refractivity contribution >= 4 is 11.8 Å². The first-order chi connectivity index (χ1) is 12.2. The number of ether oxygens (including phenoxy) is 1. The standard InChI is InChI=1S/C19H18FN3OS/c1-3-11-23-18(16-9-4-5-10-17(16)20)21-22-19(23)25-13-14-7-6-8-15(12-14)24-2/h3-10,12H,1,11,13H2,2H3. The molecular formula is C19H18FN3OS. The highest BCUT2D eigenvalue weighted by Crippen LogP contribution is 2.28. The maximum absolute atomic E-state index is 14.1. The Morgan fingerprint density at radius 2 is 2.04 bits per heavy atom. The van der Waals surface area contributed by atoms with Gasteiger partial charge in [-0.25, -0.2) is 4.39 Å². The second kappa shape index (κ2) is 7.98. The van der Waals surface area contributed by atoms with Crippen LogP contribution in [0.3, 0.4) is 0 Å². The third kappa shape index (κ3) is 3.91. The molecule has 0 N–H and O–H groups in total. The van der Waals surface area contributed by atoms with Crippen molar-refractivity contribution in [2.45, 2.75) is 17.5 Å². The van der Waals surface area contributed by atoms with Crippen molar-refractivity contribution in [2.24, 2.45) is 0 Å². The second-order valence-corrected chi connectivity index (χ2v) is 6.27. The van der Waals surface area contributed by atoms with Crippen LogP contribution in [0.15, 0.2) is 66.3 Å². The first-order valence-electron chi connectivity index (χ1n) is 7.77. The van der Waals surface area contributed by atoms with Gasteiger partial charge in [-0.3, -0.25) is 4.57 Å². The highest BCUT2D eigenvalue weighted by atomic mass is 32.2. The molecule has 2 aromatic carbocycles. The zero-order valence-electron chi connectivity index (χ0n) is 13.9. The molecule has 0 saturated carbocycles. The number of thioether (sulfide) groups is 1. The van der Waals surface area contributed by atoms with E-state index >= 15 is 0 Å². The molecule has 4 nitrogen and oxygen atoms in total. The van der Waals surface area contributed by atoms with E-state index in [0.717, 1.165) is 16.5 Å². The zero-order chi connectivity index (χ0) is 17.6. The van der Waals surface area contributed by atoms with Crippen molar-refractivity contribution in [3.05, 3.63) is 72.6 Å². The van der Waals surface area contributed by atoms with Gasteiger partial charge in [0.1, 0.15) is 11.6 Å². The molecule has 3 rings (SSSR count). The first-order valence-corrected chi connectivity index (χ1v) is 8.76. The van der Waals surface area contributed by atoms with Gasteiger partial charge < -0.3 is 4.74 Å². The van der Waals surface area contributed by atoms with Crippen molar-refractivity contribution < 1.29 is 9.13 Å². The average Bonchev–Trinajstić information content (AvgIpc) is 3.03. The Morgan fingerprint density at radius 1 is 1.20 bits per heavy atom. The van der Waals surface area contributed by atoms with Gasteiger partial charge in [-0.15, -0.1) is 16.8 Å². The van der Waals surface area contributed by atoms with Crippen LogP contribution in [0.1, 0.15) is 5.56 Å². The number of methoxy groups -OCH3 is 1. The molecule has 128 valence electrons. The van der Waals surface area contributed by atoms with E-state index in [2.05, 4.69) is 16.8 Å². The van der Waals surface area contributed by atoms with Gasteiger partial charge >= 0.3 is 0 Å². The van der Waals surface area contributed by atoms with Gasteiger partial charge in [0.15, 0.2) is 11.0 Å². The summed E-state index contributed by atoms with van der Waals surface area (Å²) in [5.74, 6) is 1.72. The van der Waals surface area contributed by atoms with Crippen LogP contribution in [-0.2, 0) is 12.3 Å². The van der Waals surface area contributed by atoms with E-state index in [0.29, 0.717) is 23.7 Å². The van der Waals surface area contributed by atoms with Crippen LogP contribution in [0.4, 0.5) is 4.39 Å². The Labute approximate surface area is 150 Å². The van der Waals surface area contributed by atoms with Gasteiger partial charge in [0, 0.05) is 12.3 Å². The smallest absolute Gasteiger partial charge is 0.192 e. The van der Waals surface area contributed by atoms with E-state index in [1.807, 2.05) is 28.8 Å². The number of rotatable bonds is 7. The molecule has 6 heteroatoms. The van der Waals surface area contributed by atoms with E-state index in [4.69, 9.17) is 4.74 Å². The van der Waals surface area contributed by atoms with E-state index in [1.54, 1.807) is 43.1 Å². The summed E-state index contributed by atoms with van der Waals surface area (Å²) < 4.78 is 21.2. The van der Waals surface area contributed by atoms with E-state index in [-0.39, 0.29) is 5.82 Å². The minimum Gasteiger partial charge on any atom is -0.497 e. The van der Waals surface area contributed by atoms with Gasteiger partial charge in [0.05, 0.1) is 12.7 Å². The van der Waals surface area contributed by atoms with Crippen molar-refractivity contribution in [1.29, 1.82) is 0 Å². The Kier molecular flexibility index (Phi) is 5.50. The number of nitrogens with zero attached hydrogens (tertiary/aromatic N) is 3. The summed E-state index contributed by atoms with van der Waals surface area (Å²) in [7, 11) is 1.65. The van der Waals surface area contributed by atoms with Crippen molar-refractivity contribution in [3.8, 4) is 17.1 Å². The number of hydrogen-bond acceptors (Lipinski definition) is 4. The van der Waals surface area contributed by atoms with Crippen LogP contribution < -0.4 is 4.74 Å². The minimum atomic E-state index is -0.315. The minimum absolute atomic E-state index is 0.315. The molecule has 0 amide bonds. The molecule has 0 bridgehead atoms. The number of halogens is 1. The molecule has 0 fully saturated rings. The maximum atomic E-state index is 14.1. The largest absolute Gasteiger partial charge is 0.497 e. The van der Waals surface area contributed by atoms with Gasteiger partial charge in [-0.1, -0.05) is 42.1 Å². The van der Waals surface area contributed by atoms with E-state index in [9.17, 15) is 4.39 Å². The molecular weight excluding hydrogens is 337 g/mol. The van der Waals surface area contributed by atoms with Crippen LogP contribution in [0.25, 0.3) is 11.4 Å². The van der Waals surface area contributed by atoms with Gasteiger partial charge in [-0.05, 0) is 29.8 Å². The van der Waals surface area contributed by atoms with E-state index < -0.39 is 0 Å². The fourth-order valence-electron chi connectivity index (χ4n) is 2.44. The molecule has 25 heavy (non-hydrogen) atoms. The quantitative estimate of drug-likeness (QED) is 0.460. The predicted molar refractivity (Wildman–Crippen MR) is 98.2 cm³/mol. The Hall–Kier alpha value is -2.60. The summed E-state index contributed by atoms with van der Waals surface area (Å²) in [4.78, 5) is 0. The fourth-order valence-corrected chi connectivity index (χ4v) is 3.33. The van der Waals surface area contributed by atoms with Gasteiger partial charge in [-0.2, -0.15) is 0 Å². The molecule has 0 saturated heterocycles. The molecule has 0 aliphatic rings. The van der Waals surface area contributed by atoms with Crippen molar-refractivity contribution in [2.75, 3.05) is 7.11 Å². The average molecular weight is 355 g/mol. The monoisotopic (exact) mass is 355 g/mol. The topological polar surface area (TPSA) is 39.9 Å². The predicted octanol–water partition coefficient (Wildman–Crippen LogP) is 4.57. The van der Waals surface area contributed by atoms with Gasteiger partial charge in [0.2, 0.25) is 0 Å². The number of aromatic nitrogens is 3. The maximum Gasteiger partial charge on any atom is 0.192 e. The molecule has 0 aliphatic carbocycles. The van der Waals surface area contributed by atoms with Crippen LogP contribution in [0, 0.1) is 5.82 Å². The Morgan fingerprint density at radius 3 is 2.80 bits per heavy atom. The lowest BCUT2D eigenvalue weighted by Crippen LogP contribution is -2.01. The van der Waals surface area contributed by atoms with Crippen LogP contribution >= 0.6 is 11.8 Å². The molecule has 0 radical (unpaired) electrons. The third-order valence-corrected chi connectivity index (χ3v) is 4.68. The van der Waals surface area contributed by atoms with E-state index in [1.165, 1.54) is 6.07 Å². The van der Waals surface area contributed by atoms with Crippen LogP contribution in [-0.4, -0.2) is 21.9 Å². The lowest BCUT2D eigenvalue weighted by molar-refractivity contribution is 0.414. The van der Waals surface area contributed by atoms with Crippen molar-refractivity contribution in [3.63, 3.8) is 0 Å². The first kappa shape index (κ1) is 17.2. The Bertz CT molecular complexity index is 879. The normalized spacial score (nSPS) is 10.6. The summed E-state index contributed by atoms with van der Waals surface area (Å²) >= 11 is 1.54. The third-order valence-electron chi connectivity index (χ3n) is 3.65. The fraction of sp³-hybridized carbons (Fsp3) is 0.158. The molecule has 1 heterocycles. The summed E-state index contributed by atoms with van der Waals surface area (Å²) in [6, 6.07) is 14.4. The highest BCUT2D eigenvalue weighted by molar-refractivity contribution is 7.98. The molecule has 0 unspecified atom stereocenters. The molecule has 0 atom stereocenters. The summed E-state index contributed by atoms with van der Waals surface area (Å²) in [6.07, 6.45) is 1.75. The van der Waals surface area contributed by atoms with Crippen molar-refractivity contribution in [1.82, 2.24) is 14.8 Å². The highest BCUT2D eigenvalue weighted by Gasteiger charge is 2.16. The second-order valence-electron chi connectivity index (χ2n) is 5.33. The lowest BCUT2D eigenvalue weighted by atomic mass is 10.2. The Balaban J connectivity index is 1.86. The number of allylic oxidation sites excluding steroid dienone is 1. The zero-order valence-corrected chi connectivity index (χ0v) is 14.7. The molecule has 0 aliphatic heterocycles. The van der Waals surface area contributed by atoms with Crippen LogP contribution in [0.5, 0.6) is 5.75 Å². The molecule has 1 aromatic heterocycles. The molecule has 3 aromatic rings.